The maximum absolute atomic E-state index is 7.37. The van der Waals surface area contributed by atoms with Crippen LogP contribution in [0.25, 0.3) is 11.0 Å². The number of hydrogen-bond donors (Lipinski definition) is 4. The number of aromatic nitrogens is 2. The molecule has 3 rings (SSSR count). The molecule has 0 saturated carbocycles. The van der Waals surface area contributed by atoms with Crippen molar-refractivity contribution >= 4 is 22.6 Å². The van der Waals surface area contributed by atoms with Crippen molar-refractivity contribution in [1.82, 2.24) is 9.97 Å². The molecule has 0 atom stereocenters. The summed E-state index contributed by atoms with van der Waals surface area (Å²) < 4.78 is 5.20. The summed E-state index contributed by atoms with van der Waals surface area (Å²) in [4.78, 5) is 7.78. The van der Waals surface area contributed by atoms with Crippen LogP contribution in [-0.4, -0.2) is 22.9 Å². The van der Waals surface area contributed by atoms with E-state index in [0.717, 1.165) is 28.3 Å². The number of aromatic amines is 1. The number of nitrogens with one attached hydrogen (secondary N) is 3. The standard InChI is InChI=1S/C16H17N5O/c1-22-12-6-7-13-14(8-12)21-15(20-13)9-19-11-4-2-10(3-5-11)16(17)18/h2-8,19H,9H2,1H3,(H3,17,18)(H,20,21). The monoisotopic (exact) mass is 295 g/mol. The summed E-state index contributed by atoms with van der Waals surface area (Å²) in [5.74, 6) is 1.71. The number of methoxy groups -OCH3 is 1. The van der Waals surface area contributed by atoms with E-state index in [4.69, 9.17) is 15.9 Å². The first-order valence-corrected chi connectivity index (χ1v) is 6.86. The highest BCUT2D eigenvalue weighted by Crippen LogP contribution is 2.19. The van der Waals surface area contributed by atoms with E-state index in [1.54, 1.807) is 7.11 Å². The predicted molar refractivity (Wildman–Crippen MR) is 87.4 cm³/mol. The van der Waals surface area contributed by atoms with Crippen LogP contribution >= 0.6 is 0 Å². The minimum absolute atomic E-state index is 0.0674. The van der Waals surface area contributed by atoms with E-state index in [9.17, 15) is 0 Å². The normalized spacial score (nSPS) is 10.6. The number of nitrogens with zero attached hydrogens (tertiary/aromatic N) is 1. The Labute approximate surface area is 127 Å². The Kier molecular flexibility index (Phi) is 3.65. The quantitative estimate of drug-likeness (QED) is 0.429. The molecule has 0 radical (unpaired) electrons. The Morgan fingerprint density at radius 2 is 2.05 bits per heavy atom. The van der Waals surface area contributed by atoms with Crippen LogP contribution in [0.2, 0.25) is 0 Å². The second-order valence-electron chi connectivity index (χ2n) is 4.91. The van der Waals surface area contributed by atoms with Crippen molar-refractivity contribution in [1.29, 1.82) is 5.41 Å². The van der Waals surface area contributed by atoms with Crippen molar-refractivity contribution in [3.05, 3.63) is 53.9 Å². The minimum atomic E-state index is 0.0674. The zero-order valence-electron chi connectivity index (χ0n) is 12.2. The zero-order valence-corrected chi connectivity index (χ0v) is 12.2. The molecule has 0 fully saturated rings. The third-order valence-electron chi connectivity index (χ3n) is 3.39. The lowest BCUT2D eigenvalue weighted by molar-refractivity contribution is 0.415. The second kappa shape index (κ2) is 5.77. The Morgan fingerprint density at radius 1 is 1.27 bits per heavy atom. The van der Waals surface area contributed by atoms with Crippen LogP contribution < -0.4 is 15.8 Å². The van der Waals surface area contributed by atoms with Gasteiger partial charge in [0.1, 0.15) is 17.4 Å². The number of nitrogen functional groups attached to an aromatic ring is 1. The van der Waals surface area contributed by atoms with Gasteiger partial charge in [0.15, 0.2) is 0 Å². The van der Waals surface area contributed by atoms with Gasteiger partial charge in [-0.25, -0.2) is 4.98 Å². The molecule has 0 saturated heterocycles. The SMILES string of the molecule is COc1ccc2nc(CNc3ccc(C(=N)N)cc3)[nH]c2c1. The molecule has 112 valence electrons. The fourth-order valence-corrected chi connectivity index (χ4v) is 2.21. The van der Waals surface area contributed by atoms with Crippen molar-refractivity contribution < 1.29 is 4.74 Å². The van der Waals surface area contributed by atoms with E-state index in [2.05, 4.69) is 15.3 Å². The average Bonchev–Trinajstić information content (AvgIpc) is 2.95. The molecule has 0 aliphatic heterocycles. The highest BCUT2D eigenvalue weighted by molar-refractivity contribution is 5.95. The van der Waals surface area contributed by atoms with E-state index >= 15 is 0 Å². The fourth-order valence-electron chi connectivity index (χ4n) is 2.21. The highest BCUT2D eigenvalue weighted by Gasteiger charge is 2.04. The molecule has 5 N–H and O–H groups in total. The second-order valence-corrected chi connectivity index (χ2v) is 4.91. The molecule has 1 aromatic heterocycles. The van der Waals surface area contributed by atoms with Gasteiger partial charge in [-0.05, 0) is 36.4 Å². The van der Waals surface area contributed by atoms with Gasteiger partial charge in [-0.1, -0.05) is 0 Å². The Balaban J connectivity index is 1.71. The highest BCUT2D eigenvalue weighted by atomic mass is 16.5. The lowest BCUT2D eigenvalue weighted by Gasteiger charge is -2.05. The van der Waals surface area contributed by atoms with Crippen LogP contribution in [0.1, 0.15) is 11.4 Å². The molecule has 0 aliphatic carbocycles. The molecule has 0 amide bonds. The first-order valence-electron chi connectivity index (χ1n) is 6.86. The third kappa shape index (κ3) is 2.85. The van der Waals surface area contributed by atoms with Gasteiger partial charge >= 0.3 is 0 Å². The van der Waals surface area contributed by atoms with Gasteiger partial charge in [-0.3, -0.25) is 5.41 Å². The van der Waals surface area contributed by atoms with Crippen molar-refractivity contribution in [3.63, 3.8) is 0 Å². The summed E-state index contributed by atoms with van der Waals surface area (Å²) >= 11 is 0. The summed E-state index contributed by atoms with van der Waals surface area (Å²) in [7, 11) is 1.64. The van der Waals surface area contributed by atoms with Crippen molar-refractivity contribution in [3.8, 4) is 5.75 Å². The summed E-state index contributed by atoms with van der Waals surface area (Å²) in [6.07, 6.45) is 0. The van der Waals surface area contributed by atoms with Crippen LogP contribution in [0.3, 0.4) is 0 Å². The van der Waals surface area contributed by atoms with Gasteiger partial charge in [-0.15, -0.1) is 0 Å². The largest absolute Gasteiger partial charge is 0.497 e. The molecule has 2 aromatic carbocycles. The van der Waals surface area contributed by atoms with Gasteiger partial charge < -0.3 is 20.8 Å². The topological polar surface area (TPSA) is 99.8 Å². The molecule has 6 nitrogen and oxygen atoms in total. The van der Waals surface area contributed by atoms with Crippen LogP contribution in [0.15, 0.2) is 42.5 Å². The Bertz CT molecular complexity index is 807. The predicted octanol–water partition coefficient (Wildman–Crippen LogP) is 2.47. The molecular weight excluding hydrogens is 278 g/mol. The number of imidazole rings is 1. The van der Waals surface area contributed by atoms with Gasteiger partial charge in [0.25, 0.3) is 0 Å². The van der Waals surface area contributed by atoms with Crippen molar-refractivity contribution in [2.45, 2.75) is 6.54 Å². The van der Waals surface area contributed by atoms with Crippen LogP contribution in [0.4, 0.5) is 5.69 Å². The van der Waals surface area contributed by atoms with Crippen LogP contribution in [0.5, 0.6) is 5.75 Å². The third-order valence-corrected chi connectivity index (χ3v) is 3.39. The number of ether oxygens (including phenoxy) is 1. The molecule has 3 aromatic rings. The first kappa shape index (κ1) is 13.9. The molecule has 0 unspecified atom stereocenters. The molecule has 0 bridgehead atoms. The lowest BCUT2D eigenvalue weighted by atomic mass is 10.2. The van der Waals surface area contributed by atoms with Crippen molar-refractivity contribution in [2.75, 3.05) is 12.4 Å². The maximum Gasteiger partial charge on any atom is 0.126 e. The number of H-pyrrole nitrogens is 1. The van der Waals surface area contributed by atoms with Gasteiger partial charge in [-0.2, -0.15) is 0 Å². The number of hydrogen-bond acceptors (Lipinski definition) is 4. The average molecular weight is 295 g/mol. The minimum Gasteiger partial charge on any atom is -0.497 e. The van der Waals surface area contributed by atoms with Gasteiger partial charge in [0, 0.05) is 17.3 Å². The molecule has 22 heavy (non-hydrogen) atoms. The zero-order chi connectivity index (χ0) is 15.5. The molecule has 1 heterocycles. The molecular formula is C16H17N5O. The van der Waals surface area contributed by atoms with Gasteiger partial charge in [0.05, 0.1) is 24.7 Å². The number of nitrogens with two attached hydrogens (primary N) is 1. The summed E-state index contributed by atoms with van der Waals surface area (Å²) in [5.41, 5.74) is 8.94. The van der Waals surface area contributed by atoms with E-state index in [-0.39, 0.29) is 5.84 Å². The molecule has 0 spiro atoms. The molecule has 0 aliphatic rings. The summed E-state index contributed by atoms with van der Waals surface area (Å²) in [5, 5.41) is 10.6. The van der Waals surface area contributed by atoms with E-state index < -0.39 is 0 Å². The smallest absolute Gasteiger partial charge is 0.126 e. The van der Waals surface area contributed by atoms with Crippen LogP contribution in [-0.2, 0) is 6.54 Å². The van der Waals surface area contributed by atoms with E-state index in [1.807, 2.05) is 42.5 Å². The fraction of sp³-hybridized carbons (Fsp3) is 0.125. The summed E-state index contributed by atoms with van der Waals surface area (Å²) in [6.45, 7) is 0.580. The number of rotatable bonds is 5. The number of anilines is 1. The van der Waals surface area contributed by atoms with Gasteiger partial charge in [0.2, 0.25) is 0 Å². The lowest BCUT2D eigenvalue weighted by Crippen LogP contribution is -2.10. The number of amidine groups is 1. The van der Waals surface area contributed by atoms with Crippen molar-refractivity contribution in [2.24, 2.45) is 5.73 Å². The van der Waals surface area contributed by atoms with E-state index in [1.165, 1.54) is 0 Å². The Morgan fingerprint density at radius 3 is 2.73 bits per heavy atom. The summed E-state index contributed by atoms with van der Waals surface area (Å²) in [6, 6.07) is 13.2. The maximum atomic E-state index is 7.37. The number of benzene rings is 2. The first-order chi connectivity index (χ1) is 10.7. The Hall–Kier alpha value is -3.02. The van der Waals surface area contributed by atoms with Crippen LogP contribution in [0, 0.1) is 5.41 Å². The number of fused-ring (bicyclic) bond motifs is 1. The van der Waals surface area contributed by atoms with E-state index in [0.29, 0.717) is 12.1 Å². The molecule has 6 heteroatoms.